The van der Waals surface area contributed by atoms with Gasteiger partial charge in [-0.2, -0.15) is 0 Å². The third-order valence-corrected chi connectivity index (χ3v) is 5.96. The number of carboxylic acid groups (broad SMARTS) is 1. The first-order valence-electron chi connectivity index (χ1n) is 8.18. The standard InChI is InChI=1S/C17H21N3O4S/c1-9(21)12-13-11(5-6-18)15(14(17(23)24)20(13)16(12)22)25-8-10-4-2-3-7-19-10/h2-4,7,9,11-13,21H,5-6,8,18H2,1H3,(H,23,24)/t9-,11-,12-,13-/m1/s1. The molecule has 0 radical (unpaired) electrons. The molecule has 8 heteroatoms. The zero-order chi connectivity index (χ0) is 18.1. The molecule has 1 aromatic rings. The van der Waals surface area contributed by atoms with E-state index >= 15 is 0 Å². The predicted molar refractivity (Wildman–Crippen MR) is 93.2 cm³/mol. The van der Waals surface area contributed by atoms with E-state index in [4.69, 9.17) is 5.73 Å². The second kappa shape index (κ2) is 7.15. The number of hydrogen-bond acceptors (Lipinski definition) is 6. The molecule has 0 spiro atoms. The normalized spacial score (nSPS) is 26.4. The molecule has 1 amide bonds. The third-order valence-electron chi connectivity index (χ3n) is 4.71. The van der Waals surface area contributed by atoms with Crippen LogP contribution in [-0.4, -0.2) is 50.7 Å². The maximum Gasteiger partial charge on any atom is 0.353 e. The number of aliphatic hydroxyl groups excluding tert-OH is 1. The van der Waals surface area contributed by atoms with E-state index in [1.807, 2.05) is 18.2 Å². The van der Waals surface area contributed by atoms with Gasteiger partial charge in [-0.15, -0.1) is 11.8 Å². The van der Waals surface area contributed by atoms with Crippen LogP contribution in [0.3, 0.4) is 0 Å². The van der Waals surface area contributed by atoms with Crippen LogP contribution in [0.15, 0.2) is 35.0 Å². The molecule has 2 aliphatic heterocycles. The Labute approximate surface area is 149 Å². The van der Waals surface area contributed by atoms with Crippen molar-refractivity contribution < 1.29 is 19.8 Å². The summed E-state index contributed by atoms with van der Waals surface area (Å²) in [6, 6.07) is 5.25. The van der Waals surface area contributed by atoms with Gasteiger partial charge in [0.25, 0.3) is 0 Å². The minimum atomic E-state index is -1.12. The molecule has 3 heterocycles. The van der Waals surface area contributed by atoms with Gasteiger partial charge in [0.05, 0.1) is 23.8 Å². The van der Waals surface area contributed by atoms with E-state index in [-0.39, 0.29) is 23.6 Å². The lowest BCUT2D eigenvalue weighted by atomic mass is 9.77. The van der Waals surface area contributed by atoms with Gasteiger partial charge < -0.3 is 20.8 Å². The quantitative estimate of drug-likeness (QED) is 0.613. The summed E-state index contributed by atoms with van der Waals surface area (Å²) in [6.07, 6.45) is 1.44. The second-order valence-corrected chi connectivity index (χ2v) is 7.29. The van der Waals surface area contributed by atoms with Crippen LogP contribution >= 0.6 is 11.8 Å². The van der Waals surface area contributed by atoms with Crippen LogP contribution in [0.5, 0.6) is 0 Å². The maximum atomic E-state index is 12.4. The molecule has 4 N–H and O–H groups in total. The number of aliphatic carboxylic acids is 1. The highest BCUT2D eigenvalue weighted by molar-refractivity contribution is 8.02. The number of fused-ring (bicyclic) bond motifs is 1. The summed E-state index contributed by atoms with van der Waals surface area (Å²) in [5.41, 5.74) is 6.60. The van der Waals surface area contributed by atoms with Crippen molar-refractivity contribution >= 4 is 23.6 Å². The molecule has 134 valence electrons. The number of nitrogens with two attached hydrogens (primary N) is 1. The lowest BCUT2D eigenvalue weighted by Crippen LogP contribution is -2.64. The van der Waals surface area contributed by atoms with E-state index < -0.39 is 18.0 Å². The van der Waals surface area contributed by atoms with Crippen LogP contribution in [0.25, 0.3) is 0 Å². The summed E-state index contributed by atoms with van der Waals surface area (Å²) in [7, 11) is 0. The average Bonchev–Trinajstić information content (AvgIpc) is 2.84. The number of amides is 1. The van der Waals surface area contributed by atoms with Crippen molar-refractivity contribution in [2.45, 2.75) is 31.2 Å². The number of carbonyl (C=O) groups excluding carboxylic acids is 1. The van der Waals surface area contributed by atoms with Gasteiger partial charge in [-0.3, -0.25) is 9.78 Å². The van der Waals surface area contributed by atoms with E-state index in [1.165, 1.54) is 16.7 Å². The lowest BCUT2D eigenvalue weighted by Gasteiger charge is -2.47. The van der Waals surface area contributed by atoms with E-state index in [0.29, 0.717) is 23.6 Å². The first-order valence-corrected chi connectivity index (χ1v) is 9.17. The van der Waals surface area contributed by atoms with E-state index in [1.54, 1.807) is 13.1 Å². The van der Waals surface area contributed by atoms with Gasteiger partial charge >= 0.3 is 5.97 Å². The van der Waals surface area contributed by atoms with Crippen LogP contribution in [-0.2, 0) is 15.3 Å². The number of nitrogens with zero attached hydrogens (tertiary/aromatic N) is 2. The number of thioether (sulfide) groups is 1. The van der Waals surface area contributed by atoms with Gasteiger partial charge in [0.1, 0.15) is 5.70 Å². The molecule has 25 heavy (non-hydrogen) atoms. The molecule has 1 aromatic heterocycles. The highest BCUT2D eigenvalue weighted by atomic mass is 32.2. The minimum Gasteiger partial charge on any atom is -0.477 e. The number of aliphatic hydroxyl groups is 1. The molecule has 0 unspecified atom stereocenters. The summed E-state index contributed by atoms with van der Waals surface area (Å²) < 4.78 is 0. The van der Waals surface area contributed by atoms with Gasteiger partial charge in [-0.1, -0.05) is 6.07 Å². The van der Waals surface area contributed by atoms with Crippen molar-refractivity contribution in [3.05, 3.63) is 40.7 Å². The van der Waals surface area contributed by atoms with Crippen molar-refractivity contribution in [3.63, 3.8) is 0 Å². The number of pyridine rings is 1. The number of rotatable bonds is 7. The van der Waals surface area contributed by atoms with Crippen LogP contribution < -0.4 is 5.73 Å². The average molecular weight is 363 g/mol. The summed E-state index contributed by atoms with van der Waals surface area (Å²) in [5.74, 6) is -1.67. The summed E-state index contributed by atoms with van der Waals surface area (Å²) in [6.45, 7) is 1.95. The molecule has 3 rings (SSSR count). The van der Waals surface area contributed by atoms with E-state index in [9.17, 15) is 19.8 Å². The van der Waals surface area contributed by atoms with Crippen molar-refractivity contribution in [2.24, 2.45) is 17.6 Å². The Balaban J connectivity index is 1.91. The summed E-state index contributed by atoms with van der Waals surface area (Å²) >= 11 is 1.39. The Bertz CT molecular complexity index is 707. The molecule has 0 aliphatic carbocycles. The molecule has 4 atom stereocenters. The Morgan fingerprint density at radius 3 is 2.80 bits per heavy atom. The van der Waals surface area contributed by atoms with E-state index in [2.05, 4.69) is 4.98 Å². The Hall–Kier alpha value is -1.90. The van der Waals surface area contributed by atoms with Gasteiger partial charge in [-0.05, 0) is 32.0 Å². The predicted octanol–water partition coefficient (Wildman–Crippen LogP) is 0.797. The Morgan fingerprint density at radius 2 is 2.24 bits per heavy atom. The molecule has 0 aromatic carbocycles. The topological polar surface area (TPSA) is 117 Å². The molecule has 0 bridgehead atoms. The number of hydrogen-bond donors (Lipinski definition) is 3. The molecule has 0 saturated carbocycles. The minimum absolute atomic E-state index is 0.0336. The first-order chi connectivity index (χ1) is 12.0. The first kappa shape index (κ1) is 17.9. The zero-order valence-electron chi connectivity index (χ0n) is 13.8. The van der Waals surface area contributed by atoms with Gasteiger partial charge in [0, 0.05) is 22.8 Å². The third kappa shape index (κ3) is 3.05. The molecule has 7 nitrogen and oxygen atoms in total. The van der Waals surface area contributed by atoms with Gasteiger partial charge in [0.15, 0.2) is 0 Å². The van der Waals surface area contributed by atoms with Crippen molar-refractivity contribution in [1.29, 1.82) is 0 Å². The Kier molecular flexibility index (Phi) is 5.12. The molecule has 2 aliphatic rings. The van der Waals surface area contributed by atoms with Gasteiger partial charge in [-0.25, -0.2) is 4.79 Å². The van der Waals surface area contributed by atoms with Crippen molar-refractivity contribution in [1.82, 2.24) is 9.88 Å². The monoisotopic (exact) mass is 363 g/mol. The van der Waals surface area contributed by atoms with Crippen molar-refractivity contribution in [2.75, 3.05) is 6.54 Å². The molecular weight excluding hydrogens is 342 g/mol. The number of aromatic nitrogens is 1. The van der Waals surface area contributed by atoms with Gasteiger partial charge in [0.2, 0.25) is 5.91 Å². The fourth-order valence-electron chi connectivity index (χ4n) is 3.66. The molecule has 1 saturated heterocycles. The van der Waals surface area contributed by atoms with Crippen LogP contribution in [0.1, 0.15) is 19.0 Å². The number of carbonyl (C=O) groups is 2. The lowest BCUT2D eigenvalue weighted by molar-refractivity contribution is -0.163. The largest absolute Gasteiger partial charge is 0.477 e. The van der Waals surface area contributed by atoms with Crippen LogP contribution in [0, 0.1) is 11.8 Å². The number of carboxylic acids is 1. The molecular formula is C17H21N3O4S. The van der Waals surface area contributed by atoms with Crippen LogP contribution in [0.2, 0.25) is 0 Å². The SMILES string of the molecule is C[C@@H](O)[C@H]1C(=O)N2C(C(=O)O)=C(SCc3ccccn3)[C@H](CCN)[C@H]12. The Morgan fingerprint density at radius 1 is 1.48 bits per heavy atom. The van der Waals surface area contributed by atoms with E-state index in [0.717, 1.165) is 5.69 Å². The molecule has 1 fully saturated rings. The fourth-order valence-corrected chi connectivity index (χ4v) is 4.93. The highest BCUT2D eigenvalue weighted by Gasteiger charge is 2.60. The smallest absolute Gasteiger partial charge is 0.353 e. The fraction of sp³-hybridized carbons (Fsp3) is 0.471. The zero-order valence-corrected chi connectivity index (χ0v) is 14.6. The summed E-state index contributed by atoms with van der Waals surface area (Å²) in [5, 5.41) is 19.6. The highest BCUT2D eigenvalue weighted by Crippen LogP contribution is 2.52. The number of β-lactam (4-membered cyclic amide) rings is 1. The summed E-state index contributed by atoms with van der Waals surface area (Å²) in [4.78, 5) is 30.4. The van der Waals surface area contributed by atoms with Crippen LogP contribution in [0.4, 0.5) is 0 Å². The van der Waals surface area contributed by atoms with Crippen molar-refractivity contribution in [3.8, 4) is 0 Å². The maximum absolute atomic E-state index is 12.4. The second-order valence-electron chi connectivity index (χ2n) is 6.28.